The Kier molecular flexibility index (Phi) is 4.58. The Labute approximate surface area is 111 Å². The number of amides is 1. The number of nitrogens with two attached hydrogens (primary N) is 1. The smallest absolute Gasteiger partial charge is 0.244 e. The topological polar surface area (TPSA) is 73.6 Å². The first-order valence-electron chi connectivity index (χ1n) is 6.00. The number of hydrogen-bond donors (Lipinski definition) is 2. The summed E-state index contributed by atoms with van der Waals surface area (Å²) in [5.74, 6) is 1.28. The van der Waals surface area contributed by atoms with Crippen LogP contribution >= 0.6 is 0 Å². The summed E-state index contributed by atoms with van der Waals surface area (Å²) >= 11 is 0. The zero-order valence-electron chi connectivity index (χ0n) is 10.5. The van der Waals surface area contributed by atoms with Crippen molar-refractivity contribution < 1.29 is 14.3 Å². The van der Waals surface area contributed by atoms with Gasteiger partial charge < -0.3 is 20.5 Å². The Balaban J connectivity index is 1.88. The van der Waals surface area contributed by atoms with Crippen LogP contribution < -0.4 is 20.5 Å². The van der Waals surface area contributed by atoms with Crippen molar-refractivity contribution in [3.8, 4) is 11.5 Å². The number of ether oxygens (including phenoxy) is 2. The van der Waals surface area contributed by atoms with Crippen molar-refractivity contribution in [3.63, 3.8) is 0 Å². The molecule has 0 aromatic heterocycles. The van der Waals surface area contributed by atoms with Gasteiger partial charge in [0, 0.05) is 19.2 Å². The molecule has 2 rings (SSSR count). The van der Waals surface area contributed by atoms with Crippen molar-refractivity contribution in [1.82, 2.24) is 5.32 Å². The average molecular weight is 260 g/mol. The van der Waals surface area contributed by atoms with Gasteiger partial charge in [-0.25, -0.2) is 0 Å². The van der Waals surface area contributed by atoms with Crippen LogP contribution in [0.15, 0.2) is 36.4 Å². The zero-order chi connectivity index (χ0) is 13.5. The molecule has 100 valence electrons. The molecule has 0 bridgehead atoms. The lowest BCUT2D eigenvalue weighted by atomic mass is 10.2. The molecule has 5 heteroatoms. The molecule has 1 aliphatic heterocycles. The molecule has 1 amide bonds. The molecule has 0 spiro atoms. The summed E-state index contributed by atoms with van der Waals surface area (Å²) in [6, 6.07) is 5.52. The van der Waals surface area contributed by atoms with Crippen LogP contribution in [-0.2, 0) is 4.79 Å². The Morgan fingerprint density at radius 2 is 2.16 bits per heavy atom. The van der Waals surface area contributed by atoms with Crippen molar-refractivity contribution >= 4 is 12.0 Å². The van der Waals surface area contributed by atoms with Gasteiger partial charge in [0.1, 0.15) is 0 Å². The molecule has 0 unspecified atom stereocenters. The van der Waals surface area contributed by atoms with E-state index < -0.39 is 0 Å². The molecule has 0 radical (unpaired) electrons. The summed E-state index contributed by atoms with van der Waals surface area (Å²) in [5, 5.41) is 2.72. The number of hydrogen-bond acceptors (Lipinski definition) is 4. The second kappa shape index (κ2) is 6.61. The number of nitrogens with one attached hydrogen (secondary N) is 1. The average Bonchev–Trinajstić information content (AvgIpc) is 2.89. The summed E-state index contributed by atoms with van der Waals surface area (Å²) in [6.07, 6.45) is 6.81. The molecular weight excluding hydrogens is 244 g/mol. The standard InChI is InChI=1S/C14H16N2O3/c15-7-1-2-8-16-14(17)6-4-11-3-5-12-13(9-11)19-10-18-12/h1-6,9H,7-8,10,15H2,(H,16,17)/b2-1+,6-4+. The van der Waals surface area contributed by atoms with E-state index in [-0.39, 0.29) is 12.7 Å². The second-order valence-electron chi connectivity index (χ2n) is 3.90. The first kappa shape index (κ1) is 13.2. The fraction of sp³-hybridized carbons (Fsp3) is 0.214. The third-order valence-corrected chi connectivity index (χ3v) is 2.52. The summed E-state index contributed by atoms with van der Waals surface area (Å²) in [7, 11) is 0. The van der Waals surface area contributed by atoms with Gasteiger partial charge in [-0.3, -0.25) is 4.79 Å². The van der Waals surface area contributed by atoms with E-state index >= 15 is 0 Å². The van der Waals surface area contributed by atoms with E-state index in [1.165, 1.54) is 6.08 Å². The highest BCUT2D eigenvalue weighted by Crippen LogP contribution is 2.32. The summed E-state index contributed by atoms with van der Waals surface area (Å²) in [4.78, 5) is 11.5. The van der Waals surface area contributed by atoms with Crippen LogP contribution in [0.25, 0.3) is 6.08 Å². The van der Waals surface area contributed by atoms with E-state index in [0.29, 0.717) is 18.8 Å². The molecule has 1 heterocycles. The molecule has 0 saturated heterocycles. The predicted molar refractivity (Wildman–Crippen MR) is 72.8 cm³/mol. The van der Waals surface area contributed by atoms with Gasteiger partial charge in [-0.2, -0.15) is 0 Å². The first-order valence-corrected chi connectivity index (χ1v) is 6.00. The minimum Gasteiger partial charge on any atom is -0.454 e. The van der Waals surface area contributed by atoms with Gasteiger partial charge in [0.05, 0.1) is 0 Å². The SMILES string of the molecule is NC/C=C/CNC(=O)/C=C/c1ccc2c(c1)OCO2. The van der Waals surface area contributed by atoms with Crippen LogP contribution in [-0.4, -0.2) is 25.8 Å². The van der Waals surface area contributed by atoms with Gasteiger partial charge in [0.15, 0.2) is 11.5 Å². The molecule has 0 fully saturated rings. The van der Waals surface area contributed by atoms with Crippen molar-refractivity contribution in [1.29, 1.82) is 0 Å². The highest BCUT2D eigenvalue weighted by atomic mass is 16.7. The van der Waals surface area contributed by atoms with Crippen molar-refractivity contribution in [2.75, 3.05) is 19.9 Å². The molecule has 1 aromatic carbocycles. The van der Waals surface area contributed by atoms with Crippen LogP contribution in [0.5, 0.6) is 11.5 Å². The maximum atomic E-state index is 11.5. The molecule has 1 aromatic rings. The fourth-order valence-electron chi connectivity index (χ4n) is 1.59. The monoisotopic (exact) mass is 260 g/mol. The van der Waals surface area contributed by atoms with E-state index in [0.717, 1.165) is 11.3 Å². The molecular formula is C14H16N2O3. The van der Waals surface area contributed by atoms with Gasteiger partial charge in [-0.1, -0.05) is 18.2 Å². The molecule has 0 saturated carbocycles. The van der Waals surface area contributed by atoms with Gasteiger partial charge in [-0.15, -0.1) is 0 Å². The lowest BCUT2D eigenvalue weighted by Crippen LogP contribution is -2.20. The summed E-state index contributed by atoms with van der Waals surface area (Å²) in [5.41, 5.74) is 6.18. The largest absolute Gasteiger partial charge is 0.454 e. The maximum absolute atomic E-state index is 11.5. The zero-order valence-corrected chi connectivity index (χ0v) is 10.5. The number of benzene rings is 1. The van der Waals surface area contributed by atoms with Crippen LogP contribution in [0.3, 0.4) is 0 Å². The minimum atomic E-state index is -0.153. The molecule has 0 aliphatic carbocycles. The molecule has 0 atom stereocenters. The van der Waals surface area contributed by atoms with Gasteiger partial charge >= 0.3 is 0 Å². The van der Waals surface area contributed by atoms with E-state index in [9.17, 15) is 4.79 Å². The third-order valence-electron chi connectivity index (χ3n) is 2.52. The van der Waals surface area contributed by atoms with Gasteiger partial charge in [0.25, 0.3) is 0 Å². The Hall–Kier alpha value is -2.27. The fourth-order valence-corrected chi connectivity index (χ4v) is 1.59. The molecule has 19 heavy (non-hydrogen) atoms. The van der Waals surface area contributed by atoms with Crippen molar-refractivity contribution in [2.45, 2.75) is 0 Å². The van der Waals surface area contributed by atoms with Crippen molar-refractivity contribution in [2.24, 2.45) is 5.73 Å². The van der Waals surface area contributed by atoms with E-state index in [1.807, 2.05) is 24.3 Å². The Morgan fingerprint density at radius 1 is 1.32 bits per heavy atom. The van der Waals surface area contributed by atoms with Crippen LogP contribution in [0.2, 0.25) is 0 Å². The van der Waals surface area contributed by atoms with E-state index in [4.69, 9.17) is 15.2 Å². The predicted octanol–water partition coefficient (Wildman–Crippen LogP) is 1.06. The number of rotatable bonds is 5. The maximum Gasteiger partial charge on any atom is 0.244 e. The lowest BCUT2D eigenvalue weighted by molar-refractivity contribution is -0.116. The van der Waals surface area contributed by atoms with Gasteiger partial charge in [0.2, 0.25) is 12.7 Å². The second-order valence-corrected chi connectivity index (χ2v) is 3.90. The quantitative estimate of drug-likeness (QED) is 0.613. The highest BCUT2D eigenvalue weighted by Gasteiger charge is 2.12. The van der Waals surface area contributed by atoms with Gasteiger partial charge in [-0.05, 0) is 23.8 Å². The number of carbonyl (C=O) groups is 1. The molecule has 5 nitrogen and oxygen atoms in total. The molecule has 3 N–H and O–H groups in total. The Morgan fingerprint density at radius 3 is 3.00 bits per heavy atom. The summed E-state index contributed by atoms with van der Waals surface area (Å²) in [6.45, 7) is 1.20. The van der Waals surface area contributed by atoms with Crippen LogP contribution in [0.4, 0.5) is 0 Å². The van der Waals surface area contributed by atoms with Crippen LogP contribution in [0, 0.1) is 0 Å². The third kappa shape index (κ3) is 3.86. The number of carbonyl (C=O) groups excluding carboxylic acids is 1. The highest BCUT2D eigenvalue weighted by molar-refractivity contribution is 5.91. The molecule has 1 aliphatic rings. The lowest BCUT2D eigenvalue weighted by Gasteiger charge is -1.98. The minimum absolute atomic E-state index is 0.153. The summed E-state index contributed by atoms with van der Waals surface area (Å²) < 4.78 is 10.5. The first-order chi connectivity index (χ1) is 9.29. The van der Waals surface area contributed by atoms with E-state index in [2.05, 4.69) is 5.32 Å². The van der Waals surface area contributed by atoms with E-state index in [1.54, 1.807) is 12.2 Å². The Bertz CT molecular complexity index is 509. The number of fused-ring (bicyclic) bond motifs is 1. The van der Waals surface area contributed by atoms with Crippen LogP contribution in [0.1, 0.15) is 5.56 Å². The normalized spacial score (nSPS) is 13.3. The van der Waals surface area contributed by atoms with Crippen molar-refractivity contribution in [3.05, 3.63) is 42.0 Å².